The van der Waals surface area contributed by atoms with Crippen molar-refractivity contribution in [3.63, 3.8) is 0 Å². The summed E-state index contributed by atoms with van der Waals surface area (Å²) in [7, 11) is 1.81. The van der Waals surface area contributed by atoms with E-state index in [9.17, 15) is 0 Å². The highest BCUT2D eigenvalue weighted by molar-refractivity contribution is 14.0. The van der Waals surface area contributed by atoms with Crippen LogP contribution in [0.2, 0.25) is 0 Å². The zero-order chi connectivity index (χ0) is 15.6. The number of nitrogens with zero attached hydrogens (tertiary/aromatic N) is 1. The predicted molar refractivity (Wildman–Crippen MR) is 108 cm³/mol. The van der Waals surface area contributed by atoms with Crippen LogP contribution in [-0.4, -0.2) is 39.3 Å². The van der Waals surface area contributed by atoms with E-state index in [1.54, 1.807) is 11.3 Å². The summed E-state index contributed by atoms with van der Waals surface area (Å²) in [5, 5.41) is 8.89. The van der Waals surface area contributed by atoms with E-state index in [0.717, 1.165) is 45.1 Å². The number of hydrogen-bond acceptors (Lipinski definition) is 3. The minimum atomic E-state index is 0. The Balaban J connectivity index is 0.00000441. The van der Waals surface area contributed by atoms with Gasteiger partial charge in [0, 0.05) is 43.6 Å². The molecule has 1 rings (SSSR count). The molecule has 2 N–H and O–H groups in total. The number of thiophene rings is 1. The van der Waals surface area contributed by atoms with Gasteiger partial charge in [0.15, 0.2) is 5.96 Å². The van der Waals surface area contributed by atoms with Crippen molar-refractivity contribution < 1.29 is 4.74 Å². The lowest BCUT2D eigenvalue weighted by Gasteiger charge is -2.25. The van der Waals surface area contributed by atoms with Crippen LogP contribution in [0.25, 0.3) is 0 Å². The fourth-order valence-corrected chi connectivity index (χ4v) is 2.81. The van der Waals surface area contributed by atoms with Crippen molar-refractivity contribution in [2.24, 2.45) is 4.99 Å². The van der Waals surface area contributed by atoms with Gasteiger partial charge in [0.2, 0.25) is 0 Å². The fourth-order valence-electron chi connectivity index (χ4n) is 1.96. The molecule has 0 aliphatic heterocycles. The lowest BCUT2D eigenvalue weighted by molar-refractivity contribution is 0.143. The quantitative estimate of drug-likeness (QED) is 0.267. The summed E-state index contributed by atoms with van der Waals surface area (Å²) in [5.41, 5.74) is 0.112. The van der Waals surface area contributed by atoms with Gasteiger partial charge in [0.25, 0.3) is 0 Å². The molecule has 0 aliphatic carbocycles. The summed E-state index contributed by atoms with van der Waals surface area (Å²) in [4.78, 5) is 5.66. The molecule has 0 saturated heterocycles. The Morgan fingerprint density at radius 2 is 2.09 bits per heavy atom. The van der Waals surface area contributed by atoms with Crippen LogP contribution in [0.1, 0.15) is 38.5 Å². The van der Waals surface area contributed by atoms with Gasteiger partial charge in [-0.3, -0.25) is 4.99 Å². The Labute approximate surface area is 156 Å². The molecule has 4 nitrogen and oxygen atoms in total. The average molecular weight is 439 g/mol. The van der Waals surface area contributed by atoms with E-state index in [1.165, 1.54) is 4.88 Å². The smallest absolute Gasteiger partial charge is 0.191 e. The number of hydrogen-bond donors (Lipinski definition) is 2. The normalized spacial score (nSPS) is 11.9. The summed E-state index contributed by atoms with van der Waals surface area (Å²) >= 11 is 1.80. The standard InChI is InChI=1S/C16H29N3OS.HI/c1-5-20-11-7-6-10-18-15(17-4)19-13-16(2,3)14-9-8-12-21-14;/h8-9,12H,5-7,10-11,13H2,1-4H3,(H2,17,18,19);1H. The molecule has 0 aromatic carbocycles. The molecule has 0 spiro atoms. The molecule has 1 aromatic rings. The minimum Gasteiger partial charge on any atom is -0.382 e. The lowest BCUT2D eigenvalue weighted by Crippen LogP contribution is -2.43. The first-order chi connectivity index (χ1) is 10.1. The second-order valence-electron chi connectivity index (χ2n) is 5.62. The average Bonchev–Trinajstić information content (AvgIpc) is 3.01. The van der Waals surface area contributed by atoms with E-state index in [0.29, 0.717) is 0 Å². The first-order valence-corrected chi connectivity index (χ1v) is 8.54. The molecule has 6 heteroatoms. The molecule has 0 atom stereocenters. The molecular formula is C16H30IN3OS. The first kappa shape index (κ1) is 21.7. The number of halogens is 1. The second kappa shape index (κ2) is 12.1. The van der Waals surface area contributed by atoms with E-state index in [-0.39, 0.29) is 29.4 Å². The monoisotopic (exact) mass is 439 g/mol. The van der Waals surface area contributed by atoms with Crippen LogP contribution < -0.4 is 10.6 Å². The highest BCUT2D eigenvalue weighted by atomic mass is 127. The van der Waals surface area contributed by atoms with Gasteiger partial charge in [-0.15, -0.1) is 35.3 Å². The molecule has 0 fully saturated rings. The summed E-state index contributed by atoms with van der Waals surface area (Å²) < 4.78 is 5.33. The van der Waals surface area contributed by atoms with E-state index in [4.69, 9.17) is 4.74 Å². The zero-order valence-corrected chi connectivity index (χ0v) is 17.3. The number of aliphatic imine (C=N–C) groups is 1. The topological polar surface area (TPSA) is 45.6 Å². The van der Waals surface area contributed by atoms with Crippen LogP contribution >= 0.6 is 35.3 Å². The van der Waals surface area contributed by atoms with Crippen LogP contribution in [-0.2, 0) is 10.2 Å². The van der Waals surface area contributed by atoms with Gasteiger partial charge >= 0.3 is 0 Å². The maximum Gasteiger partial charge on any atom is 0.191 e. The van der Waals surface area contributed by atoms with Gasteiger partial charge in [0.05, 0.1) is 0 Å². The Bertz CT molecular complexity index is 408. The summed E-state index contributed by atoms with van der Waals surface area (Å²) in [6.07, 6.45) is 2.17. The van der Waals surface area contributed by atoms with Gasteiger partial charge < -0.3 is 15.4 Å². The largest absolute Gasteiger partial charge is 0.382 e. The molecular weight excluding hydrogens is 409 g/mol. The van der Waals surface area contributed by atoms with Crippen molar-refractivity contribution in [2.45, 2.75) is 39.0 Å². The number of guanidine groups is 1. The van der Waals surface area contributed by atoms with Gasteiger partial charge in [-0.25, -0.2) is 0 Å². The molecule has 0 bridgehead atoms. The molecule has 0 amide bonds. The van der Waals surface area contributed by atoms with Crippen LogP contribution in [0.5, 0.6) is 0 Å². The SMILES string of the molecule is CCOCCCCNC(=NC)NCC(C)(C)c1cccs1.I. The number of ether oxygens (including phenoxy) is 1. The molecule has 22 heavy (non-hydrogen) atoms. The van der Waals surface area contributed by atoms with Gasteiger partial charge in [-0.05, 0) is 31.2 Å². The third-order valence-electron chi connectivity index (χ3n) is 3.32. The Morgan fingerprint density at radius 1 is 1.32 bits per heavy atom. The Hall–Kier alpha value is -0.340. The van der Waals surface area contributed by atoms with Crippen molar-refractivity contribution in [1.29, 1.82) is 0 Å². The minimum absolute atomic E-state index is 0. The molecule has 1 heterocycles. The third kappa shape index (κ3) is 8.33. The summed E-state index contributed by atoms with van der Waals surface area (Å²) in [6.45, 7) is 9.96. The molecule has 0 aliphatic rings. The highest BCUT2D eigenvalue weighted by Gasteiger charge is 2.21. The maximum absolute atomic E-state index is 5.33. The lowest BCUT2D eigenvalue weighted by atomic mass is 9.91. The van der Waals surface area contributed by atoms with Crippen molar-refractivity contribution in [3.05, 3.63) is 22.4 Å². The van der Waals surface area contributed by atoms with Gasteiger partial charge in [0.1, 0.15) is 0 Å². The van der Waals surface area contributed by atoms with Crippen LogP contribution in [0.15, 0.2) is 22.5 Å². The molecule has 0 radical (unpaired) electrons. The maximum atomic E-state index is 5.33. The molecule has 128 valence electrons. The van der Waals surface area contributed by atoms with Crippen LogP contribution in [0.3, 0.4) is 0 Å². The van der Waals surface area contributed by atoms with E-state index in [2.05, 4.69) is 47.0 Å². The zero-order valence-electron chi connectivity index (χ0n) is 14.1. The molecule has 1 aromatic heterocycles. The first-order valence-electron chi connectivity index (χ1n) is 7.66. The number of nitrogens with one attached hydrogen (secondary N) is 2. The van der Waals surface area contributed by atoms with Crippen LogP contribution in [0, 0.1) is 0 Å². The van der Waals surface area contributed by atoms with Gasteiger partial charge in [-0.1, -0.05) is 19.9 Å². The van der Waals surface area contributed by atoms with Crippen molar-refractivity contribution in [1.82, 2.24) is 10.6 Å². The van der Waals surface area contributed by atoms with Crippen molar-refractivity contribution in [2.75, 3.05) is 33.4 Å². The van der Waals surface area contributed by atoms with E-state index >= 15 is 0 Å². The Morgan fingerprint density at radius 3 is 2.68 bits per heavy atom. The van der Waals surface area contributed by atoms with Crippen molar-refractivity contribution >= 4 is 41.3 Å². The Kier molecular flexibility index (Phi) is 11.9. The van der Waals surface area contributed by atoms with E-state index in [1.807, 2.05) is 14.0 Å². The summed E-state index contributed by atoms with van der Waals surface area (Å²) in [6, 6.07) is 4.30. The molecule has 0 unspecified atom stereocenters. The predicted octanol–water partition coefficient (Wildman–Crippen LogP) is 3.63. The summed E-state index contributed by atoms with van der Waals surface area (Å²) in [5.74, 6) is 0.871. The second-order valence-corrected chi connectivity index (χ2v) is 6.57. The number of rotatable bonds is 9. The fraction of sp³-hybridized carbons (Fsp3) is 0.688. The highest BCUT2D eigenvalue weighted by Crippen LogP contribution is 2.26. The third-order valence-corrected chi connectivity index (χ3v) is 4.56. The van der Waals surface area contributed by atoms with Crippen LogP contribution in [0.4, 0.5) is 0 Å². The van der Waals surface area contributed by atoms with Gasteiger partial charge in [-0.2, -0.15) is 0 Å². The van der Waals surface area contributed by atoms with E-state index < -0.39 is 0 Å². The molecule has 0 saturated carbocycles. The number of unbranched alkanes of at least 4 members (excludes halogenated alkanes) is 1. The van der Waals surface area contributed by atoms with Crippen molar-refractivity contribution in [3.8, 4) is 0 Å².